The highest BCUT2D eigenvalue weighted by Crippen LogP contribution is 2.13. The molecule has 1 unspecified atom stereocenters. The maximum atomic E-state index is 5.56. The van der Waals surface area contributed by atoms with Crippen molar-refractivity contribution in [2.45, 2.75) is 46.2 Å². The lowest BCUT2D eigenvalue weighted by Gasteiger charge is -2.21. The molecule has 2 heterocycles. The molecule has 0 radical (unpaired) electrons. The third-order valence-corrected chi connectivity index (χ3v) is 3.97. The van der Waals surface area contributed by atoms with Gasteiger partial charge in [0.2, 0.25) is 5.89 Å². The van der Waals surface area contributed by atoms with E-state index in [4.69, 9.17) is 4.42 Å². The van der Waals surface area contributed by atoms with Gasteiger partial charge in [0.15, 0.2) is 5.96 Å². The number of nitrogens with one attached hydrogen (secondary N) is 2. The number of aliphatic imine (C=N–C) groups is 1. The van der Waals surface area contributed by atoms with Gasteiger partial charge in [0.1, 0.15) is 12.3 Å². The summed E-state index contributed by atoms with van der Waals surface area (Å²) in [6, 6.07) is 0.597. The molecular weight excluding hydrogens is 266 g/mol. The lowest BCUT2D eigenvalue weighted by atomic mass is 10.2. The quantitative estimate of drug-likeness (QED) is 0.635. The Hall–Kier alpha value is -1.56. The number of rotatable bonds is 5. The van der Waals surface area contributed by atoms with E-state index in [-0.39, 0.29) is 0 Å². The van der Waals surface area contributed by atoms with Crippen molar-refractivity contribution in [3.05, 3.63) is 17.3 Å². The molecule has 0 bridgehead atoms. The summed E-state index contributed by atoms with van der Waals surface area (Å²) in [7, 11) is 2.18. The number of guanidine groups is 1. The van der Waals surface area contributed by atoms with Crippen LogP contribution in [0.4, 0.5) is 0 Å². The molecule has 2 rings (SSSR count). The van der Waals surface area contributed by atoms with Crippen molar-refractivity contribution in [3.63, 3.8) is 0 Å². The number of nitrogens with zero attached hydrogens (tertiary/aromatic N) is 3. The van der Waals surface area contributed by atoms with Gasteiger partial charge in [0.05, 0.1) is 5.69 Å². The Morgan fingerprint density at radius 2 is 2.24 bits per heavy atom. The van der Waals surface area contributed by atoms with E-state index in [1.165, 1.54) is 19.4 Å². The minimum atomic E-state index is 0.463. The van der Waals surface area contributed by atoms with Gasteiger partial charge >= 0.3 is 0 Å². The maximum Gasteiger partial charge on any atom is 0.216 e. The Morgan fingerprint density at radius 1 is 1.43 bits per heavy atom. The molecule has 0 amide bonds. The van der Waals surface area contributed by atoms with Gasteiger partial charge in [-0.3, -0.25) is 0 Å². The van der Waals surface area contributed by atoms with Crippen LogP contribution in [-0.4, -0.2) is 48.6 Å². The van der Waals surface area contributed by atoms with Crippen LogP contribution in [0.2, 0.25) is 0 Å². The van der Waals surface area contributed by atoms with Crippen molar-refractivity contribution in [1.82, 2.24) is 20.5 Å². The summed E-state index contributed by atoms with van der Waals surface area (Å²) in [5.41, 5.74) is 0.936. The minimum absolute atomic E-state index is 0.463. The second-order valence-electron chi connectivity index (χ2n) is 5.60. The predicted molar refractivity (Wildman–Crippen MR) is 84.4 cm³/mol. The van der Waals surface area contributed by atoms with Crippen LogP contribution in [0, 0.1) is 13.8 Å². The molecule has 1 atom stereocenters. The van der Waals surface area contributed by atoms with Gasteiger partial charge < -0.3 is 20.0 Å². The van der Waals surface area contributed by atoms with Crippen LogP contribution >= 0.6 is 0 Å². The van der Waals surface area contributed by atoms with Crippen molar-refractivity contribution >= 4 is 5.96 Å². The number of hydrogen-bond acceptors (Lipinski definition) is 4. The Kier molecular flexibility index (Phi) is 5.61. The minimum Gasteiger partial charge on any atom is -0.444 e. The molecule has 1 aliphatic heterocycles. The van der Waals surface area contributed by atoms with E-state index in [2.05, 4.69) is 39.5 Å². The van der Waals surface area contributed by atoms with Crippen LogP contribution in [0.15, 0.2) is 9.41 Å². The van der Waals surface area contributed by atoms with Crippen molar-refractivity contribution in [2.75, 3.05) is 26.7 Å². The van der Waals surface area contributed by atoms with Crippen molar-refractivity contribution in [1.29, 1.82) is 0 Å². The molecule has 0 spiro atoms. The molecule has 6 nitrogen and oxygen atoms in total. The fraction of sp³-hybridized carbons (Fsp3) is 0.733. The number of oxazole rings is 1. The zero-order valence-electron chi connectivity index (χ0n) is 13.6. The molecule has 0 aromatic carbocycles. The zero-order chi connectivity index (χ0) is 15.2. The van der Waals surface area contributed by atoms with E-state index in [0.717, 1.165) is 30.5 Å². The maximum absolute atomic E-state index is 5.56. The molecule has 6 heteroatoms. The smallest absolute Gasteiger partial charge is 0.216 e. The molecule has 1 aromatic rings. The summed E-state index contributed by atoms with van der Waals surface area (Å²) in [6.45, 7) is 9.36. The van der Waals surface area contributed by atoms with Crippen LogP contribution in [-0.2, 0) is 6.54 Å². The van der Waals surface area contributed by atoms with Crippen LogP contribution in [0.5, 0.6) is 0 Å². The topological polar surface area (TPSA) is 65.7 Å². The Morgan fingerprint density at radius 3 is 2.81 bits per heavy atom. The van der Waals surface area contributed by atoms with E-state index >= 15 is 0 Å². The summed E-state index contributed by atoms with van der Waals surface area (Å²) in [5, 5.41) is 6.68. The molecule has 2 N–H and O–H groups in total. The monoisotopic (exact) mass is 293 g/mol. The van der Waals surface area contributed by atoms with Gasteiger partial charge in [-0.05, 0) is 47.2 Å². The summed E-state index contributed by atoms with van der Waals surface area (Å²) >= 11 is 0. The molecule has 1 aliphatic rings. The van der Waals surface area contributed by atoms with Gasteiger partial charge in [-0.2, -0.15) is 0 Å². The first-order valence-corrected chi connectivity index (χ1v) is 7.75. The average molecular weight is 293 g/mol. The normalized spacial score (nSPS) is 20.0. The van der Waals surface area contributed by atoms with Crippen molar-refractivity contribution in [3.8, 4) is 0 Å². The lowest BCUT2D eigenvalue weighted by molar-refractivity contribution is 0.309. The summed E-state index contributed by atoms with van der Waals surface area (Å²) in [5.74, 6) is 2.36. The molecule has 1 aromatic heterocycles. The lowest BCUT2D eigenvalue weighted by Crippen LogP contribution is -2.44. The molecule has 0 aliphatic carbocycles. The summed E-state index contributed by atoms with van der Waals surface area (Å²) in [4.78, 5) is 11.3. The number of aryl methyl sites for hydroxylation is 2. The van der Waals surface area contributed by atoms with Crippen molar-refractivity contribution < 1.29 is 4.42 Å². The Bertz CT molecular complexity index is 463. The molecule has 1 fully saturated rings. The average Bonchev–Trinajstić information content (AvgIpc) is 3.00. The largest absolute Gasteiger partial charge is 0.444 e. The van der Waals surface area contributed by atoms with E-state index in [1.807, 2.05) is 13.8 Å². The fourth-order valence-electron chi connectivity index (χ4n) is 2.55. The first kappa shape index (κ1) is 15.8. The van der Waals surface area contributed by atoms with Crippen LogP contribution in [0.1, 0.15) is 37.1 Å². The first-order valence-electron chi connectivity index (χ1n) is 7.75. The van der Waals surface area contributed by atoms with E-state index < -0.39 is 0 Å². The number of aromatic nitrogens is 1. The first-order chi connectivity index (χ1) is 10.1. The number of likely N-dealkylation sites (tertiary alicyclic amines) is 1. The molecular formula is C15H27N5O. The van der Waals surface area contributed by atoms with Gasteiger partial charge in [-0.25, -0.2) is 9.98 Å². The van der Waals surface area contributed by atoms with E-state index in [1.54, 1.807) is 0 Å². The third kappa shape index (κ3) is 4.46. The highest BCUT2D eigenvalue weighted by atomic mass is 16.4. The highest BCUT2D eigenvalue weighted by molar-refractivity contribution is 5.79. The molecule has 118 valence electrons. The van der Waals surface area contributed by atoms with Gasteiger partial charge in [-0.15, -0.1) is 0 Å². The Balaban J connectivity index is 1.89. The van der Waals surface area contributed by atoms with Crippen LogP contribution < -0.4 is 10.6 Å². The van der Waals surface area contributed by atoms with E-state index in [9.17, 15) is 0 Å². The fourth-order valence-corrected chi connectivity index (χ4v) is 2.55. The zero-order valence-corrected chi connectivity index (χ0v) is 13.6. The van der Waals surface area contributed by atoms with Crippen molar-refractivity contribution in [2.24, 2.45) is 4.99 Å². The van der Waals surface area contributed by atoms with Gasteiger partial charge in [0, 0.05) is 19.1 Å². The summed E-state index contributed by atoms with van der Waals surface area (Å²) < 4.78 is 5.56. The number of likely N-dealkylation sites (N-methyl/N-ethyl adjacent to an activating group) is 1. The van der Waals surface area contributed by atoms with Gasteiger partial charge in [-0.1, -0.05) is 0 Å². The second kappa shape index (κ2) is 7.45. The summed E-state index contributed by atoms with van der Waals surface area (Å²) in [6.07, 6.45) is 2.53. The van der Waals surface area contributed by atoms with E-state index in [0.29, 0.717) is 18.5 Å². The predicted octanol–water partition coefficient (Wildman–Crippen LogP) is 1.44. The second-order valence-corrected chi connectivity index (χ2v) is 5.60. The standard InChI is InChI=1S/C15H27N5O/c1-5-16-15(17-9-13-7-6-8-20(13)4)18-10-14-19-11(2)12(3)21-14/h13H,5-10H2,1-4H3,(H2,16,17,18). The third-order valence-electron chi connectivity index (χ3n) is 3.97. The van der Waals surface area contributed by atoms with Crippen LogP contribution in [0.3, 0.4) is 0 Å². The molecule has 1 saturated heterocycles. The van der Waals surface area contributed by atoms with Crippen LogP contribution in [0.25, 0.3) is 0 Å². The SMILES string of the molecule is CCNC(=NCc1nc(C)c(C)o1)NCC1CCCN1C. The number of hydrogen-bond donors (Lipinski definition) is 2. The molecule has 21 heavy (non-hydrogen) atoms. The highest BCUT2D eigenvalue weighted by Gasteiger charge is 2.20. The Labute approximate surface area is 127 Å². The van der Waals surface area contributed by atoms with Gasteiger partial charge in [0.25, 0.3) is 0 Å². The molecule has 0 saturated carbocycles.